The van der Waals surface area contributed by atoms with Gasteiger partial charge in [-0.2, -0.15) is 0 Å². The Morgan fingerprint density at radius 2 is 2.06 bits per heavy atom. The molecule has 4 heteroatoms. The van der Waals surface area contributed by atoms with E-state index in [2.05, 4.69) is 0 Å². The van der Waals surface area contributed by atoms with Crippen LogP contribution >= 0.6 is 0 Å². The number of rotatable bonds is 4. The van der Waals surface area contributed by atoms with Crippen LogP contribution in [0, 0.1) is 6.92 Å². The quantitative estimate of drug-likeness (QED) is 0.899. The van der Waals surface area contributed by atoms with Gasteiger partial charge in [0, 0.05) is 12.7 Å². The van der Waals surface area contributed by atoms with Gasteiger partial charge in [0.15, 0.2) is 0 Å². The summed E-state index contributed by atoms with van der Waals surface area (Å²) in [5.74, 6) is -0.495. The normalized spacial score (nSPS) is 10.3. The molecule has 2 aromatic rings. The van der Waals surface area contributed by atoms with Gasteiger partial charge in [0.25, 0.3) is 0 Å². The zero-order valence-corrected chi connectivity index (χ0v) is 10.4. The van der Waals surface area contributed by atoms with Crippen LogP contribution in [-0.4, -0.2) is 18.1 Å². The molecule has 0 atom stereocenters. The molecule has 4 nitrogen and oxygen atoms in total. The molecule has 0 aliphatic heterocycles. The van der Waals surface area contributed by atoms with E-state index in [1.165, 1.54) is 12.3 Å². The largest absolute Gasteiger partial charge is 0.478 e. The fourth-order valence-electron chi connectivity index (χ4n) is 1.95. The van der Waals surface area contributed by atoms with Gasteiger partial charge in [0.05, 0.1) is 12.8 Å². The lowest BCUT2D eigenvalue weighted by Crippen LogP contribution is -2.18. The maximum absolute atomic E-state index is 11.0. The van der Waals surface area contributed by atoms with Crippen LogP contribution in [0.1, 0.15) is 21.7 Å². The molecule has 1 aromatic heterocycles. The summed E-state index contributed by atoms with van der Waals surface area (Å²) in [5.41, 5.74) is 2.42. The molecule has 0 bridgehead atoms. The van der Waals surface area contributed by atoms with Crippen molar-refractivity contribution in [1.82, 2.24) is 0 Å². The van der Waals surface area contributed by atoms with Crippen molar-refractivity contribution in [2.75, 3.05) is 11.9 Å². The molecule has 0 fully saturated rings. The smallest absolute Gasteiger partial charge is 0.339 e. The van der Waals surface area contributed by atoms with Crippen molar-refractivity contribution in [3.63, 3.8) is 0 Å². The Balaban J connectivity index is 2.22. The number of aryl methyl sites for hydroxylation is 1. The van der Waals surface area contributed by atoms with Gasteiger partial charge in [-0.25, -0.2) is 4.79 Å². The van der Waals surface area contributed by atoms with Crippen molar-refractivity contribution in [1.29, 1.82) is 0 Å². The monoisotopic (exact) mass is 245 g/mol. The standard InChI is InChI=1S/C14H15NO3/c1-10-5-3-4-6-12(10)15(2)9-13-11(14(16)17)7-8-18-13/h3-8H,9H2,1-2H3,(H,16,17). The summed E-state index contributed by atoms with van der Waals surface area (Å²) in [6.07, 6.45) is 1.41. The van der Waals surface area contributed by atoms with Crippen LogP contribution in [0.4, 0.5) is 5.69 Å². The minimum absolute atomic E-state index is 0.218. The highest BCUT2D eigenvalue weighted by molar-refractivity contribution is 5.88. The number of anilines is 1. The van der Waals surface area contributed by atoms with Gasteiger partial charge in [0.2, 0.25) is 0 Å². The first-order valence-corrected chi connectivity index (χ1v) is 5.66. The minimum Gasteiger partial charge on any atom is -0.478 e. The number of para-hydroxylation sites is 1. The van der Waals surface area contributed by atoms with Crippen molar-refractivity contribution in [3.8, 4) is 0 Å². The molecule has 0 aliphatic rings. The number of hydrogen-bond donors (Lipinski definition) is 1. The van der Waals surface area contributed by atoms with E-state index in [0.717, 1.165) is 11.3 Å². The minimum atomic E-state index is -0.961. The highest BCUT2D eigenvalue weighted by Gasteiger charge is 2.15. The third kappa shape index (κ3) is 2.37. The van der Waals surface area contributed by atoms with Crippen LogP contribution in [0.2, 0.25) is 0 Å². The number of hydrogen-bond acceptors (Lipinski definition) is 3. The van der Waals surface area contributed by atoms with E-state index in [-0.39, 0.29) is 5.56 Å². The zero-order valence-electron chi connectivity index (χ0n) is 10.4. The van der Waals surface area contributed by atoms with Gasteiger partial charge in [-0.1, -0.05) is 18.2 Å². The highest BCUT2D eigenvalue weighted by Crippen LogP contribution is 2.21. The van der Waals surface area contributed by atoms with E-state index in [9.17, 15) is 4.79 Å². The Morgan fingerprint density at radius 1 is 1.33 bits per heavy atom. The zero-order chi connectivity index (χ0) is 13.1. The molecule has 1 aromatic carbocycles. The lowest BCUT2D eigenvalue weighted by Gasteiger charge is -2.20. The lowest BCUT2D eigenvalue weighted by atomic mass is 10.1. The SMILES string of the molecule is Cc1ccccc1N(C)Cc1occc1C(=O)O. The van der Waals surface area contributed by atoms with Gasteiger partial charge < -0.3 is 14.4 Å². The van der Waals surface area contributed by atoms with E-state index >= 15 is 0 Å². The number of aromatic carboxylic acids is 1. The molecule has 0 aliphatic carbocycles. The Kier molecular flexibility index (Phi) is 3.37. The predicted octanol–water partition coefficient (Wildman–Crippen LogP) is 2.92. The maximum Gasteiger partial charge on any atom is 0.339 e. The first-order chi connectivity index (χ1) is 8.59. The van der Waals surface area contributed by atoms with Crippen LogP contribution < -0.4 is 4.90 Å². The summed E-state index contributed by atoms with van der Waals surface area (Å²) < 4.78 is 5.24. The molecule has 1 heterocycles. The molecule has 0 saturated heterocycles. The van der Waals surface area contributed by atoms with E-state index in [0.29, 0.717) is 12.3 Å². The molecule has 0 radical (unpaired) electrons. The number of carboxylic acids is 1. The van der Waals surface area contributed by atoms with Gasteiger partial charge >= 0.3 is 5.97 Å². The van der Waals surface area contributed by atoms with Crippen molar-refractivity contribution in [3.05, 3.63) is 53.5 Å². The molecule has 2 rings (SSSR count). The molecule has 1 N–H and O–H groups in total. The number of carbonyl (C=O) groups is 1. The van der Waals surface area contributed by atoms with Crippen LogP contribution in [0.5, 0.6) is 0 Å². The Morgan fingerprint density at radius 3 is 2.72 bits per heavy atom. The third-order valence-electron chi connectivity index (χ3n) is 2.88. The first kappa shape index (κ1) is 12.2. The summed E-state index contributed by atoms with van der Waals surface area (Å²) in [4.78, 5) is 13.0. The van der Waals surface area contributed by atoms with Crippen LogP contribution in [0.3, 0.4) is 0 Å². The molecular weight excluding hydrogens is 230 g/mol. The van der Waals surface area contributed by atoms with Crippen LogP contribution in [0.15, 0.2) is 41.0 Å². The van der Waals surface area contributed by atoms with E-state index in [1.54, 1.807) is 0 Å². The Labute approximate surface area is 105 Å². The number of carboxylic acid groups (broad SMARTS) is 1. The predicted molar refractivity (Wildman–Crippen MR) is 69.0 cm³/mol. The number of benzene rings is 1. The van der Waals surface area contributed by atoms with Crippen molar-refractivity contribution < 1.29 is 14.3 Å². The summed E-state index contributed by atoms with van der Waals surface area (Å²) in [7, 11) is 1.91. The molecule has 94 valence electrons. The topological polar surface area (TPSA) is 53.7 Å². The van der Waals surface area contributed by atoms with Crippen molar-refractivity contribution in [2.45, 2.75) is 13.5 Å². The van der Waals surface area contributed by atoms with Crippen molar-refractivity contribution in [2.24, 2.45) is 0 Å². The first-order valence-electron chi connectivity index (χ1n) is 5.66. The molecule has 0 saturated carbocycles. The number of furan rings is 1. The summed E-state index contributed by atoms with van der Waals surface area (Å²) >= 11 is 0. The average Bonchev–Trinajstić information content (AvgIpc) is 2.77. The Bertz CT molecular complexity index is 560. The summed E-state index contributed by atoms with van der Waals surface area (Å²) in [6.45, 7) is 2.45. The second-order valence-electron chi connectivity index (χ2n) is 4.21. The number of nitrogens with zero attached hydrogens (tertiary/aromatic N) is 1. The van der Waals surface area contributed by atoms with Gasteiger partial charge in [-0.15, -0.1) is 0 Å². The van der Waals surface area contributed by atoms with Crippen molar-refractivity contribution >= 4 is 11.7 Å². The van der Waals surface area contributed by atoms with E-state index in [1.807, 2.05) is 43.1 Å². The molecule has 0 amide bonds. The fourth-order valence-corrected chi connectivity index (χ4v) is 1.95. The second-order valence-corrected chi connectivity index (χ2v) is 4.21. The van der Waals surface area contributed by atoms with Gasteiger partial charge in [0.1, 0.15) is 11.3 Å². The summed E-state index contributed by atoms with van der Waals surface area (Å²) in [5, 5.41) is 9.01. The summed E-state index contributed by atoms with van der Waals surface area (Å²) in [6, 6.07) is 9.43. The van der Waals surface area contributed by atoms with Gasteiger partial charge in [-0.05, 0) is 24.6 Å². The molecule has 0 unspecified atom stereocenters. The molecule has 0 spiro atoms. The maximum atomic E-state index is 11.0. The lowest BCUT2D eigenvalue weighted by molar-refractivity contribution is 0.0694. The average molecular weight is 245 g/mol. The third-order valence-corrected chi connectivity index (χ3v) is 2.88. The fraction of sp³-hybridized carbons (Fsp3) is 0.214. The highest BCUT2D eigenvalue weighted by atomic mass is 16.4. The van der Waals surface area contributed by atoms with Crippen LogP contribution in [-0.2, 0) is 6.54 Å². The van der Waals surface area contributed by atoms with Gasteiger partial charge in [-0.3, -0.25) is 0 Å². The second kappa shape index (κ2) is 4.96. The Hall–Kier alpha value is -2.23. The van der Waals surface area contributed by atoms with E-state index in [4.69, 9.17) is 9.52 Å². The van der Waals surface area contributed by atoms with E-state index < -0.39 is 5.97 Å². The molecule has 18 heavy (non-hydrogen) atoms. The molecular formula is C14H15NO3. The van der Waals surface area contributed by atoms with Crippen LogP contribution in [0.25, 0.3) is 0 Å².